The molecule has 0 aliphatic heterocycles. The number of carbonyl (C=O) groups excluding carboxylic acids is 1. The number of halogens is 1. The largest absolute Gasteiger partial charge is 0.495 e. The van der Waals surface area contributed by atoms with Gasteiger partial charge >= 0.3 is 5.91 Å². The Kier molecular flexibility index (Phi) is 4.75. The van der Waals surface area contributed by atoms with Crippen molar-refractivity contribution >= 4 is 27.5 Å². The summed E-state index contributed by atoms with van der Waals surface area (Å²) in [4.78, 5) is 15.8. The van der Waals surface area contributed by atoms with E-state index in [2.05, 4.69) is 38.1 Å². The molecule has 0 fully saturated rings. The van der Waals surface area contributed by atoms with Crippen LogP contribution in [-0.4, -0.2) is 18.0 Å². The lowest BCUT2D eigenvalue weighted by Gasteiger charge is -2.08. The second-order valence-electron chi connectivity index (χ2n) is 3.76. The highest BCUT2D eigenvalue weighted by atomic mass is 79.9. The van der Waals surface area contributed by atoms with Crippen molar-refractivity contribution in [3.05, 3.63) is 52.8 Å². The van der Waals surface area contributed by atoms with Gasteiger partial charge in [-0.05, 0) is 36.3 Å². The molecule has 0 saturated heterocycles. The third kappa shape index (κ3) is 3.84. The molecule has 20 heavy (non-hydrogen) atoms. The van der Waals surface area contributed by atoms with E-state index in [1.807, 2.05) is 12.1 Å². The number of hydrogen-bond donors (Lipinski definition) is 1. The molecule has 2 aromatic rings. The molecule has 0 aliphatic rings. The lowest BCUT2D eigenvalue weighted by atomic mass is 10.3. The van der Waals surface area contributed by atoms with Crippen molar-refractivity contribution in [2.75, 3.05) is 12.4 Å². The van der Waals surface area contributed by atoms with E-state index in [1.165, 1.54) is 0 Å². The van der Waals surface area contributed by atoms with Crippen LogP contribution in [0.25, 0.3) is 0 Å². The van der Waals surface area contributed by atoms with E-state index in [4.69, 9.17) is 4.74 Å². The number of amides is 1. The fourth-order valence-corrected chi connectivity index (χ4v) is 1.85. The summed E-state index contributed by atoms with van der Waals surface area (Å²) in [5.41, 5.74) is 1.10. The summed E-state index contributed by atoms with van der Waals surface area (Å²) in [5.74, 6) is 5.32. The summed E-state index contributed by atoms with van der Waals surface area (Å²) in [6.45, 7) is 0. The van der Waals surface area contributed by atoms with Crippen LogP contribution in [-0.2, 0) is 4.79 Å². The standard InChI is InChI=1S/C15H11BrN2O2/c1-20-14-7-5-11(16)10-13(14)18-15(19)8-6-12-4-2-3-9-17-12/h2-5,7,9-10H,1H3,(H,18,19). The number of rotatable bonds is 2. The molecule has 0 bridgehead atoms. The molecule has 1 aromatic carbocycles. The summed E-state index contributed by atoms with van der Waals surface area (Å²) in [5, 5.41) is 2.68. The molecule has 1 aromatic heterocycles. The fourth-order valence-electron chi connectivity index (χ4n) is 1.49. The van der Waals surface area contributed by atoms with Gasteiger partial charge in [-0.1, -0.05) is 22.0 Å². The van der Waals surface area contributed by atoms with Crippen molar-refractivity contribution in [3.8, 4) is 17.6 Å². The maximum atomic E-state index is 11.8. The van der Waals surface area contributed by atoms with Gasteiger partial charge in [0, 0.05) is 16.6 Å². The Bertz CT molecular complexity index is 675. The van der Waals surface area contributed by atoms with E-state index in [0.29, 0.717) is 17.1 Å². The van der Waals surface area contributed by atoms with Crippen molar-refractivity contribution in [2.45, 2.75) is 0 Å². The third-order valence-electron chi connectivity index (χ3n) is 2.38. The van der Waals surface area contributed by atoms with Crippen molar-refractivity contribution in [3.63, 3.8) is 0 Å². The molecule has 0 atom stereocenters. The van der Waals surface area contributed by atoms with E-state index >= 15 is 0 Å². The minimum absolute atomic E-state index is 0.424. The molecular weight excluding hydrogens is 320 g/mol. The first-order chi connectivity index (χ1) is 9.69. The number of aromatic nitrogens is 1. The third-order valence-corrected chi connectivity index (χ3v) is 2.87. The van der Waals surface area contributed by atoms with Gasteiger partial charge in [-0.2, -0.15) is 0 Å². The van der Waals surface area contributed by atoms with Gasteiger partial charge in [-0.25, -0.2) is 4.98 Å². The minimum Gasteiger partial charge on any atom is -0.495 e. The minimum atomic E-state index is -0.424. The number of methoxy groups -OCH3 is 1. The first-order valence-electron chi connectivity index (χ1n) is 5.76. The molecule has 0 unspecified atom stereocenters. The predicted octanol–water partition coefficient (Wildman–Crippen LogP) is 2.84. The SMILES string of the molecule is COc1ccc(Br)cc1NC(=O)C#Cc1ccccn1. The monoisotopic (exact) mass is 330 g/mol. The van der Waals surface area contributed by atoms with Crippen LogP contribution in [0.3, 0.4) is 0 Å². The molecule has 0 spiro atoms. The zero-order chi connectivity index (χ0) is 14.4. The second kappa shape index (κ2) is 6.73. The van der Waals surface area contributed by atoms with E-state index in [9.17, 15) is 4.79 Å². The summed E-state index contributed by atoms with van der Waals surface area (Å²) in [6, 6.07) is 10.7. The van der Waals surface area contributed by atoms with Crippen molar-refractivity contribution in [1.29, 1.82) is 0 Å². The lowest BCUT2D eigenvalue weighted by molar-refractivity contribution is -0.111. The first-order valence-corrected chi connectivity index (χ1v) is 6.56. The molecular formula is C15H11BrN2O2. The molecule has 0 saturated carbocycles. The molecule has 1 N–H and O–H groups in total. The van der Waals surface area contributed by atoms with Crippen LogP contribution in [0.2, 0.25) is 0 Å². The molecule has 2 rings (SSSR count). The molecule has 5 heteroatoms. The van der Waals surface area contributed by atoms with Crippen LogP contribution < -0.4 is 10.1 Å². The van der Waals surface area contributed by atoms with Crippen LogP contribution in [0.15, 0.2) is 47.1 Å². The first kappa shape index (κ1) is 14.1. The zero-order valence-electron chi connectivity index (χ0n) is 10.7. The zero-order valence-corrected chi connectivity index (χ0v) is 12.3. The average molecular weight is 331 g/mol. The Labute approximate surface area is 125 Å². The van der Waals surface area contributed by atoms with E-state index in [1.54, 1.807) is 37.6 Å². The lowest BCUT2D eigenvalue weighted by Crippen LogP contribution is -2.09. The highest BCUT2D eigenvalue weighted by molar-refractivity contribution is 9.10. The molecule has 1 heterocycles. The van der Waals surface area contributed by atoms with Gasteiger partial charge in [0.1, 0.15) is 11.4 Å². The number of nitrogens with one attached hydrogen (secondary N) is 1. The normalized spacial score (nSPS) is 9.30. The van der Waals surface area contributed by atoms with Gasteiger partial charge < -0.3 is 10.1 Å². The van der Waals surface area contributed by atoms with Gasteiger partial charge in [0.05, 0.1) is 12.8 Å². The number of ether oxygens (including phenoxy) is 1. The van der Waals surface area contributed by atoms with Crippen LogP contribution in [0.4, 0.5) is 5.69 Å². The van der Waals surface area contributed by atoms with Crippen LogP contribution >= 0.6 is 15.9 Å². The maximum absolute atomic E-state index is 11.8. The van der Waals surface area contributed by atoms with E-state index in [0.717, 1.165) is 4.47 Å². The number of carbonyl (C=O) groups is 1. The second-order valence-corrected chi connectivity index (χ2v) is 4.68. The molecule has 1 amide bonds. The molecule has 0 aliphatic carbocycles. The van der Waals surface area contributed by atoms with Gasteiger partial charge in [-0.15, -0.1) is 0 Å². The topological polar surface area (TPSA) is 51.2 Å². The summed E-state index contributed by atoms with van der Waals surface area (Å²) in [7, 11) is 1.54. The maximum Gasteiger partial charge on any atom is 0.300 e. The van der Waals surface area contributed by atoms with Crippen LogP contribution in [0.1, 0.15) is 5.69 Å². The Hall–Kier alpha value is -2.32. The summed E-state index contributed by atoms with van der Waals surface area (Å²) >= 11 is 3.34. The average Bonchev–Trinajstić information content (AvgIpc) is 2.46. The van der Waals surface area contributed by atoms with Gasteiger partial charge in [0.15, 0.2) is 0 Å². The number of pyridine rings is 1. The van der Waals surface area contributed by atoms with Crippen molar-refractivity contribution in [1.82, 2.24) is 4.98 Å². The van der Waals surface area contributed by atoms with E-state index < -0.39 is 5.91 Å². The quantitative estimate of drug-likeness (QED) is 0.861. The Balaban J connectivity index is 2.13. The Morgan fingerprint density at radius 3 is 2.90 bits per heavy atom. The number of nitrogens with zero attached hydrogens (tertiary/aromatic N) is 1. The molecule has 100 valence electrons. The predicted molar refractivity (Wildman–Crippen MR) is 80.4 cm³/mol. The highest BCUT2D eigenvalue weighted by Crippen LogP contribution is 2.27. The molecule has 0 radical (unpaired) electrons. The summed E-state index contributed by atoms with van der Waals surface area (Å²) < 4.78 is 6.01. The van der Waals surface area contributed by atoms with Crippen LogP contribution in [0, 0.1) is 11.8 Å². The van der Waals surface area contributed by atoms with E-state index in [-0.39, 0.29) is 0 Å². The van der Waals surface area contributed by atoms with Gasteiger partial charge in [0.2, 0.25) is 0 Å². The van der Waals surface area contributed by atoms with Gasteiger partial charge in [0.25, 0.3) is 0 Å². The Morgan fingerprint density at radius 1 is 1.35 bits per heavy atom. The molecule has 4 nitrogen and oxygen atoms in total. The Morgan fingerprint density at radius 2 is 2.20 bits per heavy atom. The van der Waals surface area contributed by atoms with Crippen LogP contribution in [0.5, 0.6) is 5.75 Å². The summed E-state index contributed by atoms with van der Waals surface area (Å²) in [6.07, 6.45) is 1.62. The number of benzene rings is 1. The number of anilines is 1. The highest BCUT2D eigenvalue weighted by Gasteiger charge is 2.06. The number of hydrogen-bond acceptors (Lipinski definition) is 3. The van der Waals surface area contributed by atoms with Gasteiger partial charge in [-0.3, -0.25) is 4.79 Å². The van der Waals surface area contributed by atoms with Crippen molar-refractivity contribution < 1.29 is 9.53 Å². The van der Waals surface area contributed by atoms with Crippen molar-refractivity contribution in [2.24, 2.45) is 0 Å². The fraction of sp³-hybridized carbons (Fsp3) is 0.0667. The smallest absolute Gasteiger partial charge is 0.300 e.